The Bertz CT molecular complexity index is 551. The van der Waals surface area contributed by atoms with Gasteiger partial charge in [-0.1, -0.05) is 18.2 Å². The summed E-state index contributed by atoms with van der Waals surface area (Å²) < 4.78 is 0. The molecule has 0 aromatic heterocycles. The van der Waals surface area contributed by atoms with Crippen molar-refractivity contribution in [2.45, 2.75) is 6.92 Å². The van der Waals surface area contributed by atoms with Crippen LogP contribution in [0.3, 0.4) is 0 Å². The fraction of sp³-hybridized carbons (Fsp3) is 0.0714. The van der Waals surface area contributed by atoms with Gasteiger partial charge in [0.05, 0.1) is 5.71 Å². The topological polar surface area (TPSA) is 46.5 Å². The third-order valence-corrected chi connectivity index (χ3v) is 2.41. The van der Waals surface area contributed by atoms with E-state index in [9.17, 15) is 9.59 Å². The van der Waals surface area contributed by atoms with Crippen LogP contribution in [-0.2, 0) is 4.79 Å². The highest BCUT2D eigenvalue weighted by Gasteiger charge is 2.10. The van der Waals surface area contributed by atoms with E-state index in [1.807, 2.05) is 6.07 Å². The predicted octanol–water partition coefficient (Wildman–Crippen LogP) is 2.35. The Labute approximate surface area is 99.2 Å². The molecule has 0 N–H and O–H groups in total. The summed E-state index contributed by atoms with van der Waals surface area (Å²) in [6.07, 6.45) is 4.44. The molecule has 0 atom stereocenters. The van der Waals surface area contributed by atoms with Gasteiger partial charge >= 0.3 is 0 Å². The summed E-state index contributed by atoms with van der Waals surface area (Å²) in [7, 11) is 0. The predicted molar refractivity (Wildman–Crippen MR) is 66.1 cm³/mol. The van der Waals surface area contributed by atoms with Crippen LogP contribution in [0.1, 0.15) is 17.3 Å². The van der Waals surface area contributed by atoms with E-state index in [-0.39, 0.29) is 11.7 Å². The molecule has 0 bridgehead atoms. The zero-order valence-electron chi connectivity index (χ0n) is 9.38. The Balaban J connectivity index is 2.27. The minimum atomic E-state index is -0.299. The highest BCUT2D eigenvalue weighted by Crippen LogP contribution is 2.08. The molecule has 17 heavy (non-hydrogen) atoms. The number of ketones is 1. The van der Waals surface area contributed by atoms with Crippen LogP contribution in [0.15, 0.2) is 59.1 Å². The van der Waals surface area contributed by atoms with Crippen molar-refractivity contribution in [3.05, 3.63) is 59.7 Å². The molecule has 0 unspecified atom stereocenters. The first-order valence-electron chi connectivity index (χ1n) is 5.25. The lowest BCUT2D eigenvalue weighted by atomic mass is 10.0. The molecule has 1 aliphatic carbocycles. The van der Waals surface area contributed by atoms with Crippen molar-refractivity contribution >= 4 is 17.4 Å². The summed E-state index contributed by atoms with van der Waals surface area (Å²) in [5, 5.41) is 0. The number of aliphatic imine (C=N–C) groups is 1. The van der Waals surface area contributed by atoms with E-state index < -0.39 is 0 Å². The van der Waals surface area contributed by atoms with Crippen molar-refractivity contribution in [2.75, 3.05) is 0 Å². The fourth-order valence-corrected chi connectivity index (χ4v) is 1.51. The zero-order chi connectivity index (χ0) is 12.3. The van der Waals surface area contributed by atoms with E-state index in [0.29, 0.717) is 16.8 Å². The maximum Gasteiger partial charge on any atom is 0.277 e. The van der Waals surface area contributed by atoms with Crippen LogP contribution < -0.4 is 0 Å². The van der Waals surface area contributed by atoms with Crippen LogP contribution in [0.25, 0.3) is 0 Å². The molecule has 1 aromatic carbocycles. The van der Waals surface area contributed by atoms with Crippen LogP contribution in [0.2, 0.25) is 0 Å². The van der Waals surface area contributed by atoms with Crippen molar-refractivity contribution < 1.29 is 9.59 Å². The van der Waals surface area contributed by atoms with Gasteiger partial charge in [0, 0.05) is 5.56 Å². The zero-order valence-corrected chi connectivity index (χ0v) is 9.38. The van der Waals surface area contributed by atoms with Crippen molar-refractivity contribution in [1.29, 1.82) is 0 Å². The summed E-state index contributed by atoms with van der Waals surface area (Å²) in [6, 6.07) is 8.84. The monoisotopic (exact) mass is 225 g/mol. The Kier molecular flexibility index (Phi) is 3.10. The largest absolute Gasteiger partial charge is 0.290 e. The lowest BCUT2D eigenvalue weighted by Gasteiger charge is -2.05. The molecule has 3 nitrogen and oxygen atoms in total. The molecule has 0 fully saturated rings. The Morgan fingerprint density at radius 1 is 1.12 bits per heavy atom. The van der Waals surface area contributed by atoms with Crippen molar-refractivity contribution in [2.24, 2.45) is 4.99 Å². The maximum absolute atomic E-state index is 11.8. The molecule has 0 spiro atoms. The molecule has 0 aliphatic heterocycles. The normalized spacial score (nSPS) is 17.1. The number of hydrogen-bond donors (Lipinski definition) is 0. The minimum absolute atomic E-state index is 0.0754. The molecular formula is C14H11NO2. The number of hydrogen-bond acceptors (Lipinski definition) is 2. The van der Waals surface area contributed by atoms with Gasteiger partial charge in [0.2, 0.25) is 0 Å². The summed E-state index contributed by atoms with van der Waals surface area (Å²) in [5.41, 5.74) is 1.79. The van der Waals surface area contributed by atoms with E-state index in [4.69, 9.17) is 0 Å². The molecule has 0 saturated carbocycles. The van der Waals surface area contributed by atoms with Gasteiger partial charge in [-0.15, -0.1) is 0 Å². The highest BCUT2D eigenvalue weighted by molar-refractivity contribution is 6.22. The number of carbonyl (C=O) groups is 2. The number of benzene rings is 1. The second-order valence-electron chi connectivity index (χ2n) is 3.73. The molecule has 3 heteroatoms. The van der Waals surface area contributed by atoms with Gasteiger partial charge in [0.15, 0.2) is 5.78 Å². The molecule has 0 heterocycles. The van der Waals surface area contributed by atoms with Gasteiger partial charge in [-0.25, -0.2) is 4.99 Å². The van der Waals surface area contributed by atoms with Gasteiger partial charge in [0.1, 0.15) is 0 Å². The molecule has 0 saturated heterocycles. The maximum atomic E-state index is 11.8. The Morgan fingerprint density at radius 3 is 2.47 bits per heavy atom. The summed E-state index contributed by atoms with van der Waals surface area (Å²) in [6.45, 7) is 1.76. The van der Waals surface area contributed by atoms with Crippen LogP contribution in [0.4, 0.5) is 0 Å². The standard InChI is InChI=1S/C14H11NO2/c1-10-9-12(16)7-8-13(10)15-14(17)11-5-3-2-4-6-11/h2-9H,1H3. The van der Waals surface area contributed by atoms with Crippen LogP contribution in [0.5, 0.6) is 0 Å². The number of nitrogens with zero attached hydrogens (tertiary/aromatic N) is 1. The van der Waals surface area contributed by atoms with Crippen LogP contribution in [0, 0.1) is 0 Å². The first kappa shape index (κ1) is 11.2. The average molecular weight is 225 g/mol. The van der Waals surface area contributed by atoms with Gasteiger partial charge in [0.25, 0.3) is 5.91 Å². The van der Waals surface area contributed by atoms with Crippen molar-refractivity contribution in [3.63, 3.8) is 0 Å². The van der Waals surface area contributed by atoms with E-state index in [1.165, 1.54) is 12.2 Å². The fourth-order valence-electron chi connectivity index (χ4n) is 1.51. The van der Waals surface area contributed by atoms with Crippen LogP contribution >= 0.6 is 0 Å². The summed E-state index contributed by atoms with van der Waals surface area (Å²) >= 11 is 0. The molecule has 1 aromatic rings. The molecule has 1 aliphatic rings. The summed E-state index contributed by atoms with van der Waals surface area (Å²) in [4.78, 5) is 26.9. The molecular weight excluding hydrogens is 214 g/mol. The number of rotatable bonds is 1. The van der Waals surface area contributed by atoms with Gasteiger partial charge in [-0.05, 0) is 42.9 Å². The van der Waals surface area contributed by atoms with E-state index in [0.717, 1.165) is 0 Å². The molecule has 84 valence electrons. The lowest BCUT2D eigenvalue weighted by Crippen LogP contribution is -2.08. The first-order chi connectivity index (χ1) is 8.16. The third-order valence-electron chi connectivity index (χ3n) is 2.41. The highest BCUT2D eigenvalue weighted by atomic mass is 16.1. The lowest BCUT2D eigenvalue weighted by molar-refractivity contribution is -0.110. The SMILES string of the molecule is CC1=CC(=O)C=CC1=NC(=O)c1ccccc1. The third kappa shape index (κ3) is 2.64. The smallest absolute Gasteiger partial charge is 0.277 e. The second-order valence-corrected chi connectivity index (χ2v) is 3.73. The quantitative estimate of drug-likeness (QED) is 0.689. The summed E-state index contributed by atoms with van der Waals surface area (Å²) in [5.74, 6) is -0.374. The van der Waals surface area contributed by atoms with Gasteiger partial charge in [-0.3, -0.25) is 9.59 Å². The number of carbonyl (C=O) groups excluding carboxylic acids is 2. The van der Waals surface area contributed by atoms with Crippen molar-refractivity contribution in [3.8, 4) is 0 Å². The van der Waals surface area contributed by atoms with E-state index in [2.05, 4.69) is 4.99 Å². The van der Waals surface area contributed by atoms with E-state index in [1.54, 1.807) is 37.3 Å². The molecule has 2 rings (SSSR count). The van der Waals surface area contributed by atoms with Gasteiger partial charge in [-0.2, -0.15) is 0 Å². The first-order valence-corrected chi connectivity index (χ1v) is 5.25. The van der Waals surface area contributed by atoms with Crippen molar-refractivity contribution in [1.82, 2.24) is 0 Å². The number of allylic oxidation sites excluding steroid dienone is 4. The Hall–Kier alpha value is -2.29. The molecule has 1 amide bonds. The van der Waals surface area contributed by atoms with Crippen LogP contribution in [-0.4, -0.2) is 17.4 Å². The minimum Gasteiger partial charge on any atom is -0.290 e. The van der Waals surface area contributed by atoms with E-state index >= 15 is 0 Å². The second kappa shape index (κ2) is 4.70. The molecule has 0 radical (unpaired) electrons. The Morgan fingerprint density at radius 2 is 1.82 bits per heavy atom. The van der Waals surface area contributed by atoms with Gasteiger partial charge < -0.3 is 0 Å². The average Bonchev–Trinajstić information content (AvgIpc) is 2.34. The number of amides is 1.